The van der Waals surface area contributed by atoms with E-state index in [1.807, 2.05) is 26.2 Å². The van der Waals surface area contributed by atoms with Gasteiger partial charge in [0.05, 0.1) is 32.0 Å². The van der Waals surface area contributed by atoms with E-state index in [0.717, 1.165) is 23.1 Å². The molecular weight excluding hydrogens is 348 g/mol. The minimum Gasteiger partial charge on any atom is -0.377 e. The predicted molar refractivity (Wildman–Crippen MR) is 95.9 cm³/mol. The molecule has 1 aliphatic heterocycles. The summed E-state index contributed by atoms with van der Waals surface area (Å²) in [6.45, 7) is 8.61. The van der Waals surface area contributed by atoms with Crippen LogP contribution in [-0.4, -0.2) is 53.5 Å². The van der Waals surface area contributed by atoms with Gasteiger partial charge in [0.15, 0.2) is 10.8 Å². The topological polar surface area (TPSA) is 60.4 Å². The highest BCUT2D eigenvalue weighted by Crippen LogP contribution is 2.26. The van der Waals surface area contributed by atoms with Crippen LogP contribution in [0.25, 0.3) is 10.8 Å². The van der Waals surface area contributed by atoms with Crippen LogP contribution in [0.1, 0.15) is 19.5 Å². The molecule has 0 amide bonds. The van der Waals surface area contributed by atoms with Crippen LogP contribution in [0.5, 0.6) is 0 Å². The second kappa shape index (κ2) is 7.74. The van der Waals surface area contributed by atoms with Crippen molar-refractivity contribution in [3.63, 3.8) is 0 Å². The molecule has 2 aromatic heterocycles. The first-order valence-electron chi connectivity index (χ1n) is 7.96. The molecule has 1 saturated heterocycles. The molecule has 1 fully saturated rings. The number of hydrogen-bond donors (Lipinski definition) is 0. The molecule has 0 saturated carbocycles. The Morgan fingerprint density at radius 3 is 2.96 bits per heavy atom. The number of rotatable bonds is 5. The van der Waals surface area contributed by atoms with Crippen molar-refractivity contribution in [2.24, 2.45) is 0 Å². The number of aromatic nitrogens is 3. The molecule has 0 radical (unpaired) electrons. The van der Waals surface area contributed by atoms with E-state index >= 15 is 0 Å². The monoisotopic (exact) mass is 368 g/mol. The van der Waals surface area contributed by atoms with Crippen LogP contribution in [-0.2, 0) is 9.47 Å². The van der Waals surface area contributed by atoms with E-state index in [4.69, 9.17) is 21.1 Å². The number of anilines is 1. The first-order valence-corrected chi connectivity index (χ1v) is 9.22. The summed E-state index contributed by atoms with van der Waals surface area (Å²) in [5.41, 5.74) is 0.953. The van der Waals surface area contributed by atoms with Crippen LogP contribution in [0.3, 0.4) is 0 Å². The third kappa shape index (κ3) is 4.22. The fourth-order valence-electron chi connectivity index (χ4n) is 2.50. The smallest absolute Gasteiger partial charge is 0.192 e. The fraction of sp³-hybridized carbons (Fsp3) is 0.562. The first kappa shape index (κ1) is 17.5. The van der Waals surface area contributed by atoms with E-state index in [1.54, 1.807) is 6.07 Å². The number of hydrogen-bond acceptors (Lipinski definition) is 7. The van der Waals surface area contributed by atoms with Crippen molar-refractivity contribution in [1.82, 2.24) is 15.0 Å². The summed E-state index contributed by atoms with van der Waals surface area (Å²) >= 11 is 7.76. The minimum atomic E-state index is 0.109. The molecule has 1 unspecified atom stereocenters. The summed E-state index contributed by atoms with van der Waals surface area (Å²) in [4.78, 5) is 15.6. The lowest BCUT2D eigenvalue weighted by Gasteiger charge is -2.36. The zero-order valence-corrected chi connectivity index (χ0v) is 15.6. The van der Waals surface area contributed by atoms with Gasteiger partial charge < -0.3 is 14.4 Å². The van der Waals surface area contributed by atoms with Crippen LogP contribution in [0.4, 0.5) is 5.82 Å². The third-order valence-electron chi connectivity index (χ3n) is 3.64. The summed E-state index contributed by atoms with van der Waals surface area (Å²) < 4.78 is 11.4. The highest BCUT2D eigenvalue weighted by molar-refractivity contribution is 7.13. The Morgan fingerprint density at radius 2 is 2.25 bits per heavy atom. The summed E-state index contributed by atoms with van der Waals surface area (Å²) in [5, 5.41) is 3.17. The van der Waals surface area contributed by atoms with E-state index in [-0.39, 0.29) is 12.1 Å². The molecule has 0 bridgehead atoms. The van der Waals surface area contributed by atoms with E-state index in [2.05, 4.69) is 19.9 Å². The zero-order valence-electron chi connectivity index (χ0n) is 14.0. The van der Waals surface area contributed by atoms with Crippen LogP contribution >= 0.6 is 22.9 Å². The number of morpholine rings is 1. The largest absolute Gasteiger partial charge is 0.377 e. The van der Waals surface area contributed by atoms with Gasteiger partial charge in [-0.2, -0.15) is 0 Å². The molecular formula is C16H21ClN4O2S. The summed E-state index contributed by atoms with van der Waals surface area (Å²) in [6, 6.07) is 1.90. The number of aryl methyl sites for hydroxylation is 1. The lowest BCUT2D eigenvalue weighted by atomic mass is 10.2. The maximum absolute atomic E-state index is 6.24. The van der Waals surface area contributed by atoms with Crippen LogP contribution in [0, 0.1) is 6.92 Å². The Hall–Kier alpha value is -1.28. The fourth-order valence-corrected chi connectivity index (χ4v) is 3.41. The first-order chi connectivity index (χ1) is 11.5. The number of nitrogens with zero attached hydrogens (tertiary/aromatic N) is 4. The van der Waals surface area contributed by atoms with E-state index in [9.17, 15) is 0 Å². The second-order valence-corrected chi connectivity index (χ2v) is 7.22. The number of thiazole rings is 1. The van der Waals surface area contributed by atoms with Gasteiger partial charge in [0, 0.05) is 23.7 Å². The van der Waals surface area contributed by atoms with Gasteiger partial charge in [0.25, 0.3) is 0 Å². The molecule has 3 heterocycles. The van der Waals surface area contributed by atoms with E-state index < -0.39 is 0 Å². The zero-order chi connectivity index (χ0) is 17.1. The van der Waals surface area contributed by atoms with Gasteiger partial charge in [-0.15, -0.1) is 11.3 Å². The molecule has 130 valence electrons. The minimum absolute atomic E-state index is 0.109. The van der Waals surface area contributed by atoms with Crippen molar-refractivity contribution in [3.8, 4) is 10.8 Å². The molecule has 6 nitrogen and oxygen atoms in total. The SMILES string of the molecule is Cc1csc(-c2nc(Cl)cc(N3CCOCC3COC(C)C)n2)n1. The van der Waals surface area contributed by atoms with E-state index in [0.29, 0.717) is 30.8 Å². The number of halogens is 1. The quantitative estimate of drug-likeness (QED) is 0.755. The Morgan fingerprint density at radius 1 is 1.42 bits per heavy atom. The number of ether oxygens (including phenoxy) is 2. The maximum Gasteiger partial charge on any atom is 0.192 e. The normalized spacial score (nSPS) is 18.4. The highest BCUT2D eigenvalue weighted by atomic mass is 35.5. The van der Waals surface area contributed by atoms with Gasteiger partial charge in [-0.1, -0.05) is 11.6 Å². The van der Waals surface area contributed by atoms with Crippen LogP contribution < -0.4 is 4.90 Å². The molecule has 1 atom stereocenters. The average Bonchev–Trinajstić information content (AvgIpc) is 2.99. The van der Waals surface area contributed by atoms with Crippen molar-refractivity contribution < 1.29 is 9.47 Å². The van der Waals surface area contributed by atoms with Gasteiger partial charge in [0.1, 0.15) is 11.0 Å². The van der Waals surface area contributed by atoms with Gasteiger partial charge in [0.2, 0.25) is 0 Å². The van der Waals surface area contributed by atoms with Gasteiger partial charge in [-0.25, -0.2) is 15.0 Å². The van der Waals surface area contributed by atoms with Crippen LogP contribution in [0.15, 0.2) is 11.4 Å². The third-order valence-corrected chi connectivity index (χ3v) is 4.79. The van der Waals surface area contributed by atoms with Crippen molar-refractivity contribution in [2.45, 2.75) is 32.9 Å². The average molecular weight is 369 g/mol. The summed E-state index contributed by atoms with van der Waals surface area (Å²) in [7, 11) is 0. The predicted octanol–water partition coefficient (Wildman–Crippen LogP) is 3.19. The molecule has 1 aliphatic rings. The summed E-state index contributed by atoms with van der Waals surface area (Å²) in [6.07, 6.45) is 0.177. The van der Waals surface area contributed by atoms with Crippen molar-refractivity contribution >= 4 is 28.8 Å². The van der Waals surface area contributed by atoms with E-state index in [1.165, 1.54) is 11.3 Å². The molecule has 0 aliphatic carbocycles. The Labute approximate surface area is 150 Å². The molecule has 3 rings (SSSR count). The van der Waals surface area contributed by atoms with Gasteiger partial charge in [-0.05, 0) is 20.8 Å². The Balaban J connectivity index is 1.87. The van der Waals surface area contributed by atoms with Gasteiger partial charge >= 0.3 is 0 Å². The van der Waals surface area contributed by atoms with Crippen molar-refractivity contribution in [2.75, 3.05) is 31.3 Å². The Bertz CT molecular complexity index is 694. The summed E-state index contributed by atoms with van der Waals surface area (Å²) in [5.74, 6) is 1.35. The Kier molecular flexibility index (Phi) is 5.65. The molecule has 8 heteroatoms. The van der Waals surface area contributed by atoms with Crippen molar-refractivity contribution in [1.29, 1.82) is 0 Å². The molecule has 2 aromatic rings. The van der Waals surface area contributed by atoms with Gasteiger partial charge in [-0.3, -0.25) is 0 Å². The molecule has 24 heavy (non-hydrogen) atoms. The molecule has 0 N–H and O–H groups in total. The lowest BCUT2D eigenvalue weighted by Crippen LogP contribution is -2.49. The highest BCUT2D eigenvalue weighted by Gasteiger charge is 2.26. The molecule has 0 spiro atoms. The van der Waals surface area contributed by atoms with Crippen LogP contribution in [0.2, 0.25) is 5.15 Å². The second-order valence-electron chi connectivity index (χ2n) is 5.97. The maximum atomic E-state index is 6.24. The lowest BCUT2D eigenvalue weighted by molar-refractivity contribution is 0.0213. The van der Waals surface area contributed by atoms with Crippen molar-refractivity contribution in [3.05, 3.63) is 22.3 Å². The molecule has 0 aromatic carbocycles. The standard InChI is InChI=1S/C16H21ClN4O2S/c1-10(2)23-8-12-7-22-5-4-21(12)14-6-13(17)19-15(20-14)16-18-11(3)9-24-16/h6,9-10,12H,4-5,7-8H2,1-3H3.